The monoisotopic (exact) mass is 431 g/mol. The molecule has 10 heteroatoms. The summed E-state index contributed by atoms with van der Waals surface area (Å²) in [4.78, 5) is 23.4. The molecular weight excluding hydrogens is 414 g/mol. The fraction of sp³-hybridized carbons (Fsp3) is 0.105. The highest BCUT2D eigenvalue weighted by molar-refractivity contribution is 7.92. The smallest absolute Gasteiger partial charge is 0.273 e. The molecule has 0 bridgehead atoms. The number of nitro benzene ring substituents is 1. The summed E-state index contributed by atoms with van der Waals surface area (Å²) in [6.45, 7) is 1.95. The molecule has 0 unspecified atom stereocenters. The van der Waals surface area contributed by atoms with Gasteiger partial charge >= 0.3 is 0 Å². The van der Waals surface area contributed by atoms with Gasteiger partial charge < -0.3 is 5.32 Å². The van der Waals surface area contributed by atoms with E-state index in [2.05, 4.69) is 10.0 Å². The van der Waals surface area contributed by atoms with Gasteiger partial charge in [0.2, 0.25) is 0 Å². The number of thiophene rings is 1. The van der Waals surface area contributed by atoms with Crippen molar-refractivity contribution in [2.75, 3.05) is 4.72 Å². The van der Waals surface area contributed by atoms with Crippen molar-refractivity contribution < 1.29 is 18.1 Å². The minimum Gasteiger partial charge on any atom is -0.347 e. The summed E-state index contributed by atoms with van der Waals surface area (Å²) < 4.78 is 27.4. The number of nitro groups is 1. The molecule has 0 radical (unpaired) electrons. The molecule has 0 saturated carbocycles. The quantitative estimate of drug-likeness (QED) is 0.437. The minimum absolute atomic E-state index is 0.215. The second-order valence-electron chi connectivity index (χ2n) is 6.15. The van der Waals surface area contributed by atoms with E-state index in [0.29, 0.717) is 17.7 Å². The van der Waals surface area contributed by atoms with Crippen molar-refractivity contribution in [1.29, 1.82) is 0 Å². The SMILES string of the molecule is Cc1ccc(S(=O)(=O)Nc2ccc(C(=O)NCc3cccs3)cc2)cc1[N+](=O)[O-]. The molecule has 1 amide bonds. The van der Waals surface area contributed by atoms with Crippen molar-refractivity contribution in [2.24, 2.45) is 0 Å². The first-order valence-electron chi connectivity index (χ1n) is 8.45. The van der Waals surface area contributed by atoms with E-state index in [0.717, 1.165) is 10.9 Å². The average molecular weight is 431 g/mol. The maximum Gasteiger partial charge on any atom is 0.273 e. The normalized spacial score (nSPS) is 11.1. The first-order chi connectivity index (χ1) is 13.8. The Balaban J connectivity index is 1.71. The van der Waals surface area contributed by atoms with Crippen LogP contribution in [0, 0.1) is 17.0 Å². The van der Waals surface area contributed by atoms with Crippen molar-refractivity contribution in [3.63, 3.8) is 0 Å². The summed E-state index contributed by atoms with van der Waals surface area (Å²) in [5.74, 6) is -0.276. The zero-order valence-corrected chi connectivity index (χ0v) is 16.9. The Hall–Kier alpha value is -3.24. The fourth-order valence-electron chi connectivity index (χ4n) is 2.54. The number of aryl methyl sites for hydroxylation is 1. The van der Waals surface area contributed by atoms with Crippen LogP contribution in [0.3, 0.4) is 0 Å². The number of hydrogen-bond donors (Lipinski definition) is 2. The molecule has 1 heterocycles. The Bertz CT molecular complexity index is 1140. The maximum atomic E-state index is 12.5. The number of carbonyl (C=O) groups excluding carboxylic acids is 1. The van der Waals surface area contributed by atoms with Crippen molar-refractivity contribution in [3.05, 3.63) is 86.1 Å². The summed E-state index contributed by atoms with van der Waals surface area (Å²) in [5, 5.41) is 15.7. The van der Waals surface area contributed by atoms with E-state index < -0.39 is 14.9 Å². The van der Waals surface area contributed by atoms with Gasteiger partial charge in [-0.15, -0.1) is 11.3 Å². The number of amides is 1. The third-order valence-corrected chi connectivity index (χ3v) is 6.35. The Morgan fingerprint density at radius 3 is 2.48 bits per heavy atom. The van der Waals surface area contributed by atoms with Crippen LogP contribution < -0.4 is 10.0 Å². The molecule has 0 spiro atoms. The van der Waals surface area contributed by atoms with Gasteiger partial charge in [0.05, 0.1) is 16.4 Å². The number of anilines is 1. The Labute approximate surface area is 171 Å². The summed E-state index contributed by atoms with van der Waals surface area (Å²) >= 11 is 1.54. The highest BCUT2D eigenvalue weighted by Gasteiger charge is 2.20. The lowest BCUT2D eigenvalue weighted by Crippen LogP contribution is -2.22. The van der Waals surface area contributed by atoms with E-state index in [1.807, 2.05) is 17.5 Å². The van der Waals surface area contributed by atoms with Gasteiger partial charge in [0, 0.05) is 27.8 Å². The Kier molecular flexibility index (Phi) is 5.95. The van der Waals surface area contributed by atoms with Crippen LogP contribution in [0.4, 0.5) is 11.4 Å². The molecule has 3 rings (SSSR count). The number of hydrogen-bond acceptors (Lipinski definition) is 6. The standard InChI is InChI=1S/C19H17N3O5S2/c1-13-4-9-17(11-18(13)22(24)25)29(26,27)21-15-7-5-14(6-8-15)19(23)20-12-16-3-2-10-28-16/h2-11,21H,12H2,1H3,(H,20,23). The number of nitrogens with zero attached hydrogens (tertiary/aromatic N) is 1. The van der Waals surface area contributed by atoms with Crippen LogP contribution >= 0.6 is 11.3 Å². The zero-order chi connectivity index (χ0) is 21.0. The lowest BCUT2D eigenvalue weighted by atomic mass is 10.2. The first-order valence-corrected chi connectivity index (χ1v) is 10.8. The molecule has 29 heavy (non-hydrogen) atoms. The molecule has 0 fully saturated rings. The van der Waals surface area contributed by atoms with E-state index >= 15 is 0 Å². The second kappa shape index (κ2) is 8.41. The predicted molar refractivity (Wildman–Crippen MR) is 111 cm³/mol. The summed E-state index contributed by atoms with van der Waals surface area (Å²) in [7, 11) is -4.01. The first kappa shape index (κ1) is 20.5. The molecule has 2 N–H and O–H groups in total. The van der Waals surface area contributed by atoms with E-state index in [1.54, 1.807) is 0 Å². The number of rotatable bonds is 7. The summed E-state index contributed by atoms with van der Waals surface area (Å²) in [6.07, 6.45) is 0. The van der Waals surface area contributed by atoms with E-state index in [9.17, 15) is 23.3 Å². The minimum atomic E-state index is -4.01. The van der Waals surface area contributed by atoms with Crippen LogP contribution in [-0.4, -0.2) is 19.2 Å². The van der Waals surface area contributed by atoms with Gasteiger partial charge in [0.25, 0.3) is 21.6 Å². The molecule has 3 aromatic rings. The Morgan fingerprint density at radius 1 is 1.14 bits per heavy atom. The fourth-order valence-corrected chi connectivity index (χ4v) is 4.26. The zero-order valence-electron chi connectivity index (χ0n) is 15.3. The molecule has 0 aliphatic rings. The molecule has 8 nitrogen and oxygen atoms in total. The van der Waals surface area contributed by atoms with Crippen LogP contribution in [0.15, 0.2) is 64.9 Å². The van der Waals surface area contributed by atoms with Gasteiger partial charge in [-0.3, -0.25) is 19.6 Å². The maximum absolute atomic E-state index is 12.5. The lowest BCUT2D eigenvalue weighted by molar-refractivity contribution is -0.385. The van der Waals surface area contributed by atoms with E-state index in [1.165, 1.54) is 54.7 Å². The molecule has 0 atom stereocenters. The second-order valence-corrected chi connectivity index (χ2v) is 8.86. The van der Waals surface area contributed by atoms with Gasteiger partial charge in [-0.1, -0.05) is 12.1 Å². The van der Waals surface area contributed by atoms with Gasteiger partial charge in [-0.05, 0) is 48.7 Å². The van der Waals surface area contributed by atoms with Crippen molar-refractivity contribution in [1.82, 2.24) is 5.32 Å². The van der Waals surface area contributed by atoms with Gasteiger partial charge in [-0.2, -0.15) is 0 Å². The van der Waals surface area contributed by atoms with Gasteiger partial charge in [0.15, 0.2) is 0 Å². The van der Waals surface area contributed by atoms with E-state index in [4.69, 9.17) is 0 Å². The van der Waals surface area contributed by atoms with E-state index in [-0.39, 0.29) is 22.2 Å². The number of nitrogens with one attached hydrogen (secondary N) is 2. The summed E-state index contributed by atoms with van der Waals surface area (Å²) in [6, 6.07) is 13.4. The molecule has 0 aliphatic heterocycles. The van der Waals surface area contributed by atoms with Gasteiger partial charge in [-0.25, -0.2) is 8.42 Å². The Morgan fingerprint density at radius 2 is 1.86 bits per heavy atom. The molecule has 0 aliphatic carbocycles. The third kappa shape index (κ3) is 4.98. The number of carbonyl (C=O) groups is 1. The highest BCUT2D eigenvalue weighted by atomic mass is 32.2. The number of benzene rings is 2. The van der Waals surface area contributed by atoms with Crippen LogP contribution in [0.25, 0.3) is 0 Å². The van der Waals surface area contributed by atoms with Crippen molar-refractivity contribution in [2.45, 2.75) is 18.4 Å². The van der Waals surface area contributed by atoms with Crippen LogP contribution in [0.1, 0.15) is 20.8 Å². The summed E-state index contributed by atoms with van der Waals surface area (Å²) in [5.41, 5.74) is 0.719. The van der Waals surface area contributed by atoms with Crippen LogP contribution in [0.2, 0.25) is 0 Å². The number of sulfonamides is 1. The van der Waals surface area contributed by atoms with Crippen molar-refractivity contribution in [3.8, 4) is 0 Å². The molecule has 0 saturated heterocycles. The third-order valence-electron chi connectivity index (χ3n) is 4.09. The van der Waals surface area contributed by atoms with Crippen LogP contribution in [-0.2, 0) is 16.6 Å². The molecule has 150 valence electrons. The van der Waals surface area contributed by atoms with Gasteiger partial charge in [0.1, 0.15) is 0 Å². The molecule has 2 aromatic carbocycles. The topological polar surface area (TPSA) is 118 Å². The lowest BCUT2D eigenvalue weighted by Gasteiger charge is -2.10. The average Bonchev–Trinajstić information content (AvgIpc) is 3.20. The van der Waals surface area contributed by atoms with Crippen LogP contribution in [0.5, 0.6) is 0 Å². The molecular formula is C19H17N3O5S2. The largest absolute Gasteiger partial charge is 0.347 e. The highest BCUT2D eigenvalue weighted by Crippen LogP contribution is 2.24. The predicted octanol–water partition coefficient (Wildman–Crippen LogP) is 3.70. The molecule has 1 aromatic heterocycles. The van der Waals surface area contributed by atoms with Crippen molar-refractivity contribution >= 4 is 38.6 Å².